The molecule has 0 fully saturated rings. The van der Waals surface area contributed by atoms with E-state index in [0.29, 0.717) is 29.4 Å². The predicted octanol–water partition coefficient (Wildman–Crippen LogP) is 5.98. The van der Waals surface area contributed by atoms with Gasteiger partial charge in [0.2, 0.25) is 0 Å². The molecule has 0 aliphatic rings. The quantitative estimate of drug-likeness (QED) is 0.363. The lowest BCUT2D eigenvalue weighted by atomic mass is 10.1. The van der Waals surface area contributed by atoms with Crippen molar-refractivity contribution in [2.75, 3.05) is 11.9 Å². The van der Waals surface area contributed by atoms with Gasteiger partial charge in [0, 0.05) is 10.9 Å². The molecular formula is C25H25BrN2O3S. The molecule has 0 spiro atoms. The van der Waals surface area contributed by atoms with Gasteiger partial charge < -0.3 is 14.8 Å². The van der Waals surface area contributed by atoms with Gasteiger partial charge in [0.15, 0.2) is 5.11 Å². The minimum atomic E-state index is -0.360. The van der Waals surface area contributed by atoms with E-state index in [9.17, 15) is 4.79 Å². The summed E-state index contributed by atoms with van der Waals surface area (Å²) in [5.74, 6) is 0.792. The Morgan fingerprint density at radius 3 is 2.47 bits per heavy atom. The summed E-state index contributed by atoms with van der Waals surface area (Å²) in [4.78, 5) is 12.9. The second kappa shape index (κ2) is 11.6. The number of hydrogen-bond acceptors (Lipinski definition) is 4. The first-order chi connectivity index (χ1) is 15.4. The summed E-state index contributed by atoms with van der Waals surface area (Å²) in [6.45, 7) is 4.35. The minimum Gasteiger partial charge on any atom is -0.492 e. The highest BCUT2D eigenvalue weighted by Crippen LogP contribution is 2.26. The highest BCUT2D eigenvalue weighted by molar-refractivity contribution is 9.10. The van der Waals surface area contributed by atoms with Crippen molar-refractivity contribution >= 4 is 44.9 Å². The van der Waals surface area contributed by atoms with Crippen molar-refractivity contribution < 1.29 is 14.3 Å². The number of rotatable bonds is 8. The fraction of sp³-hybridized carbons (Fsp3) is 0.200. The van der Waals surface area contributed by atoms with Crippen molar-refractivity contribution in [1.29, 1.82) is 0 Å². The molecule has 0 unspecified atom stereocenters. The van der Waals surface area contributed by atoms with Crippen molar-refractivity contribution in [3.8, 4) is 11.5 Å². The van der Waals surface area contributed by atoms with Crippen LogP contribution in [0.15, 0.2) is 77.3 Å². The molecule has 3 aromatic carbocycles. The zero-order chi connectivity index (χ0) is 22.9. The van der Waals surface area contributed by atoms with Crippen LogP contribution >= 0.6 is 28.1 Å². The summed E-state index contributed by atoms with van der Waals surface area (Å²) in [5, 5.41) is 5.93. The minimum absolute atomic E-state index is 0.0124. The Morgan fingerprint density at radius 1 is 1.00 bits per heavy atom. The Balaban J connectivity index is 1.65. The lowest BCUT2D eigenvalue weighted by Gasteiger charge is -2.17. The van der Waals surface area contributed by atoms with Gasteiger partial charge in [0.05, 0.1) is 24.0 Å². The van der Waals surface area contributed by atoms with Gasteiger partial charge in [-0.15, -0.1) is 0 Å². The smallest absolute Gasteiger partial charge is 0.261 e. The molecule has 0 bridgehead atoms. The number of nitrogens with one attached hydrogen (secondary N) is 2. The lowest BCUT2D eigenvalue weighted by Crippen LogP contribution is -2.34. The Bertz CT molecular complexity index is 1070. The fourth-order valence-electron chi connectivity index (χ4n) is 2.98. The van der Waals surface area contributed by atoms with Crippen molar-refractivity contribution in [3.05, 3.63) is 88.4 Å². The van der Waals surface area contributed by atoms with Crippen LogP contribution in [0.4, 0.5) is 5.69 Å². The van der Waals surface area contributed by atoms with Gasteiger partial charge in [-0.1, -0.05) is 58.4 Å². The monoisotopic (exact) mass is 512 g/mol. The number of hydrogen-bond donors (Lipinski definition) is 2. The van der Waals surface area contributed by atoms with Gasteiger partial charge >= 0.3 is 0 Å². The topological polar surface area (TPSA) is 59.6 Å². The van der Waals surface area contributed by atoms with Crippen LogP contribution in [-0.4, -0.2) is 23.7 Å². The van der Waals surface area contributed by atoms with E-state index in [-0.39, 0.29) is 17.1 Å². The number of thiocarbonyl (C=S) groups is 1. The molecule has 5 nitrogen and oxygen atoms in total. The average molecular weight is 513 g/mol. The highest BCUT2D eigenvalue weighted by atomic mass is 79.9. The predicted molar refractivity (Wildman–Crippen MR) is 136 cm³/mol. The summed E-state index contributed by atoms with van der Waals surface area (Å²) < 4.78 is 12.5. The molecule has 166 valence electrons. The first-order valence-corrected chi connectivity index (χ1v) is 11.5. The maximum atomic E-state index is 12.9. The molecule has 0 aromatic heterocycles. The molecule has 0 aliphatic carbocycles. The summed E-state index contributed by atoms with van der Waals surface area (Å²) in [5.41, 5.74) is 2.24. The summed E-state index contributed by atoms with van der Waals surface area (Å²) in [6.07, 6.45) is 0.753. The molecular weight excluding hydrogens is 488 g/mol. The molecule has 0 atom stereocenters. The number of carbonyl (C=O) groups excluding carboxylic acids is 1. The van der Waals surface area contributed by atoms with E-state index in [0.717, 1.165) is 10.9 Å². The number of amides is 1. The van der Waals surface area contributed by atoms with E-state index < -0.39 is 0 Å². The van der Waals surface area contributed by atoms with E-state index in [1.54, 1.807) is 12.1 Å². The molecule has 7 heteroatoms. The van der Waals surface area contributed by atoms with E-state index in [2.05, 4.69) is 26.6 Å². The van der Waals surface area contributed by atoms with Crippen molar-refractivity contribution in [3.63, 3.8) is 0 Å². The second-order valence-corrected chi connectivity index (χ2v) is 8.62. The van der Waals surface area contributed by atoms with Gasteiger partial charge in [-0.05, 0) is 62.0 Å². The van der Waals surface area contributed by atoms with Gasteiger partial charge in [-0.3, -0.25) is 10.1 Å². The standard InChI is InChI=1S/C25H25BrN2O3S/c1-17(2)31-23-11-7-6-10-21(23)27-25(32)28-24(29)20-16-19(26)12-13-22(20)30-15-14-18-8-4-3-5-9-18/h3-13,16-17H,14-15H2,1-2H3,(H2,27,28,29,32). The number of anilines is 1. The third kappa shape index (κ3) is 7.07. The molecule has 0 saturated carbocycles. The van der Waals surface area contributed by atoms with Crippen LogP contribution in [-0.2, 0) is 6.42 Å². The molecule has 2 N–H and O–H groups in total. The number of benzene rings is 3. The van der Waals surface area contributed by atoms with Gasteiger partial charge in [0.25, 0.3) is 5.91 Å². The number of para-hydroxylation sites is 2. The molecule has 3 rings (SSSR count). The molecule has 0 heterocycles. The number of halogens is 1. The molecule has 3 aromatic rings. The van der Waals surface area contributed by atoms with Gasteiger partial charge in [-0.2, -0.15) is 0 Å². The largest absolute Gasteiger partial charge is 0.492 e. The van der Waals surface area contributed by atoms with E-state index in [4.69, 9.17) is 21.7 Å². The van der Waals surface area contributed by atoms with Crippen LogP contribution in [0.5, 0.6) is 11.5 Å². The SMILES string of the molecule is CC(C)Oc1ccccc1NC(=S)NC(=O)c1cc(Br)ccc1OCCc1ccccc1. The van der Waals surface area contributed by atoms with Crippen molar-refractivity contribution in [2.24, 2.45) is 0 Å². The Hall–Kier alpha value is -2.90. The second-order valence-electron chi connectivity index (χ2n) is 7.30. The summed E-state index contributed by atoms with van der Waals surface area (Å²) in [6, 6.07) is 22.8. The van der Waals surface area contributed by atoms with Crippen LogP contribution in [0.3, 0.4) is 0 Å². The molecule has 0 radical (unpaired) electrons. The van der Waals surface area contributed by atoms with Crippen LogP contribution in [0.2, 0.25) is 0 Å². The molecule has 1 amide bonds. The van der Waals surface area contributed by atoms with E-state index in [1.807, 2.05) is 74.5 Å². The number of carbonyl (C=O) groups is 1. The summed E-state index contributed by atoms with van der Waals surface area (Å²) in [7, 11) is 0. The van der Waals surface area contributed by atoms with Crippen LogP contribution in [0.25, 0.3) is 0 Å². The first-order valence-electron chi connectivity index (χ1n) is 10.3. The third-order valence-electron chi connectivity index (χ3n) is 4.40. The normalized spacial score (nSPS) is 10.5. The van der Waals surface area contributed by atoms with Gasteiger partial charge in [0.1, 0.15) is 11.5 Å². The molecule has 0 saturated heterocycles. The van der Waals surface area contributed by atoms with Gasteiger partial charge in [-0.25, -0.2) is 0 Å². The lowest BCUT2D eigenvalue weighted by molar-refractivity contribution is 0.0973. The zero-order valence-corrected chi connectivity index (χ0v) is 20.3. The maximum Gasteiger partial charge on any atom is 0.261 e. The average Bonchev–Trinajstić information content (AvgIpc) is 2.76. The van der Waals surface area contributed by atoms with Crippen LogP contribution in [0, 0.1) is 0 Å². The zero-order valence-electron chi connectivity index (χ0n) is 17.9. The van der Waals surface area contributed by atoms with Crippen molar-refractivity contribution in [2.45, 2.75) is 26.4 Å². The Kier molecular flexibility index (Phi) is 8.64. The summed E-state index contributed by atoms with van der Waals surface area (Å²) >= 11 is 8.78. The highest BCUT2D eigenvalue weighted by Gasteiger charge is 2.16. The Labute approximate surface area is 202 Å². The first kappa shape index (κ1) is 23.8. The van der Waals surface area contributed by atoms with Crippen LogP contribution in [0.1, 0.15) is 29.8 Å². The third-order valence-corrected chi connectivity index (χ3v) is 5.10. The number of ether oxygens (including phenoxy) is 2. The van der Waals surface area contributed by atoms with Crippen molar-refractivity contribution in [1.82, 2.24) is 5.32 Å². The molecule has 0 aliphatic heterocycles. The van der Waals surface area contributed by atoms with E-state index in [1.165, 1.54) is 5.56 Å². The van der Waals surface area contributed by atoms with Crippen LogP contribution < -0.4 is 20.1 Å². The maximum absolute atomic E-state index is 12.9. The fourth-order valence-corrected chi connectivity index (χ4v) is 3.54. The Morgan fingerprint density at radius 2 is 1.72 bits per heavy atom. The molecule has 32 heavy (non-hydrogen) atoms. The van der Waals surface area contributed by atoms with E-state index >= 15 is 0 Å².